The van der Waals surface area contributed by atoms with E-state index in [0.29, 0.717) is 4.96 Å². The average molecular weight is 359 g/mol. The summed E-state index contributed by atoms with van der Waals surface area (Å²) in [5.41, 5.74) is 2.81. The zero-order valence-electron chi connectivity index (χ0n) is 14.0. The molecule has 0 aliphatic carbocycles. The number of rotatable bonds is 5. The monoisotopic (exact) mass is 359 g/mol. The fourth-order valence-corrected chi connectivity index (χ4v) is 3.26. The predicted molar refractivity (Wildman–Crippen MR) is 97.5 cm³/mol. The lowest BCUT2D eigenvalue weighted by atomic mass is 10.1. The Morgan fingerprint density at radius 3 is 2.92 bits per heavy atom. The maximum absolute atomic E-state index is 12.3. The van der Waals surface area contributed by atoms with Crippen molar-refractivity contribution in [3.05, 3.63) is 51.0 Å². The number of aryl methyl sites for hydroxylation is 1. The first-order valence-corrected chi connectivity index (χ1v) is 8.43. The second-order valence-corrected chi connectivity index (χ2v) is 6.60. The van der Waals surface area contributed by atoms with E-state index in [-0.39, 0.29) is 24.1 Å². The van der Waals surface area contributed by atoms with Gasteiger partial charge in [0, 0.05) is 18.1 Å². The van der Waals surface area contributed by atoms with Gasteiger partial charge in [0.05, 0.1) is 6.54 Å². The Balaban J connectivity index is 1.80. The molecule has 3 aromatic rings. The summed E-state index contributed by atoms with van der Waals surface area (Å²) in [7, 11) is 1.61. The minimum absolute atomic E-state index is 0.0426. The zero-order valence-corrected chi connectivity index (χ0v) is 14.8. The van der Waals surface area contributed by atoms with E-state index in [0.717, 1.165) is 16.8 Å². The minimum Gasteiger partial charge on any atom is -0.358 e. The van der Waals surface area contributed by atoms with Crippen LogP contribution in [-0.4, -0.2) is 33.8 Å². The number of fused-ring (bicyclic) bond motifs is 1. The van der Waals surface area contributed by atoms with E-state index in [1.807, 2.05) is 32.0 Å². The lowest BCUT2D eigenvalue weighted by Gasteiger charge is -2.16. The van der Waals surface area contributed by atoms with Gasteiger partial charge in [-0.2, -0.15) is 9.38 Å². The van der Waals surface area contributed by atoms with E-state index in [2.05, 4.69) is 10.3 Å². The standard InChI is InChI=1S/C16H17N5O3S/c1-10-5-4-6-12(11(10)2)17-13(22)9-19(3)14-15(21(23)24)20-7-8-25-16(20)18-14/h4-8H,9H2,1-3H3,(H,17,22). The number of anilines is 2. The van der Waals surface area contributed by atoms with E-state index in [1.54, 1.807) is 18.6 Å². The van der Waals surface area contributed by atoms with Crippen molar-refractivity contribution in [2.75, 3.05) is 23.8 Å². The molecule has 3 rings (SSSR count). The summed E-state index contributed by atoms with van der Waals surface area (Å²) in [6.45, 7) is 3.86. The molecule has 1 amide bonds. The molecule has 9 heteroatoms. The van der Waals surface area contributed by atoms with Crippen LogP contribution in [0.4, 0.5) is 17.3 Å². The highest BCUT2D eigenvalue weighted by atomic mass is 32.1. The van der Waals surface area contributed by atoms with Gasteiger partial charge >= 0.3 is 5.82 Å². The molecule has 0 unspecified atom stereocenters. The van der Waals surface area contributed by atoms with Crippen LogP contribution in [0.1, 0.15) is 11.1 Å². The molecule has 130 valence electrons. The minimum atomic E-state index is -0.485. The van der Waals surface area contributed by atoms with Crippen molar-refractivity contribution in [1.82, 2.24) is 9.38 Å². The van der Waals surface area contributed by atoms with Crippen molar-refractivity contribution < 1.29 is 9.72 Å². The molecule has 0 atom stereocenters. The molecule has 2 heterocycles. The Hall–Kier alpha value is -2.94. The number of nitro groups is 1. The molecule has 25 heavy (non-hydrogen) atoms. The molecule has 0 aliphatic rings. The van der Waals surface area contributed by atoms with Crippen molar-refractivity contribution in [3.63, 3.8) is 0 Å². The molecule has 0 aliphatic heterocycles. The number of hydrogen-bond donors (Lipinski definition) is 1. The van der Waals surface area contributed by atoms with Crippen LogP contribution in [0.3, 0.4) is 0 Å². The third kappa shape index (κ3) is 3.18. The third-order valence-corrected chi connectivity index (χ3v) is 4.77. The summed E-state index contributed by atoms with van der Waals surface area (Å²) in [4.78, 5) is 29.5. The summed E-state index contributed by atoms with van der Waals surface area (Å²) in [6, 6.07) is 5.67. The molecule has 0 saturated heterocycles. The maximum atomic E-state index is 12.3. The van der Waals surface area contributed by atoms with E-state index < -0.39 is 4.92 Å². The number of imidazole rings is 1. The number of nitrogens with one attached hydrogen (secondary N) is 1. The Kier molecular flexibility index (Phi) is 4.41. The predicted octanol–water partition coefficient (Wildman–Crippen LogP) is 3.00. The Morgan fingerprint density at radius 2 is 2.20 bits per heavy atom. The van der Waals surface area contributed by atoms with Gasteiger partial charge in [-0.3, -0.25) is 4.79 Å². The van der Waals surface area contributed by atoms with Crippen LogP contribution in [0.15, 0.2) is 29.8 Å². The van der Waals surface area contributed by atoms with Gasteiger partial charge in [-0.25, -0.2) is 0 Å². The normalized spacial score (nSPS) is 10.8. The number of benzene rings is 1. The number of carbonyl (C=O) groups is 1. The van der Waals surface area contributed by atoms with Crippen molar-refractivity contribution in [2.24, 2.45) is 0 Å². The number of carbonyl (C=O) groups excluding carboxylic acids is 1. The quantitative estimate of drug-likeness (QED) is 0.558. The van der Waals surface area contributed by atoms with Crippen LogP contribution in [0.25, 0.3) is 4.96 Å². The van der Waals surface area contributed by atoms with Gasteiger partial charge in [0.15, 0.2) is 0 Å². The van der Waals surface area contributed by atoms with Gasteiger partial charge < -0.3 is 20.3 Å². The third-order valence-electron chi connectivity index (χ3n) is 4.01. The fourth-order valence-electron chi connectivity index (χ4n) is 2.55. The largest absolute Gasteiger partial charge is 0.373 e. The Labute approximate surface area is 147 Å². The number of nitrogens with zero attached hydrogens (tertiary/aromatic N) is 4. The highest BCUT2D eigenvalue weighted by Crippen LogP contribution is 2.30. The van der Waals surface area contributed by atoms with Crippen LogP contribution < -0.4 is 10.2 Å². The second-order valence-electron chi connectivity index (χ2n) is 5.72. The Morgan fingerprint density at radius 1 is 1.44 bits per heavy atom. The van der Waals surface area contributed by atoms with Crippen LogP contribution in [0, 0.1) is 24.0 Å². The lowest BCUT2D eigenvalue weighted by Crippen LogP contribution is -2.31. The van der Waals surface area contributed by atoms with Crippen LogP contribution in [0.2, 0.25) is 0 Å². The van der Waals surface area contributed by atoms with Crippen LogP contribution in [0.5, 0.6) is 0 Å². The molecule has 0 fully saturated rings. The highest BCUT2D eigenvalue weighted by molar-refractivity contribution is 7.15. The summed E-state index contributed by atoms with van der Waals surface area (Å²) < 4.78 is 1.42. The van der Waals surface area contributed by atoms with Gasteiger partial charge in [-0.15, -0.1) is 0 Å². The number of aromatic nitrogens is 2. The molecule has 0 bridgehead atoms. The van der Waals surface area contributed by atoms with Crippen LogP contribution >= 0.6 is 11.3 Å². The molecule has 8 nitrogen and oxygen atoms in total. The molecular formula is C16H17N5O3S. The fraction of sp³-hybridized carbons (Fsp3) is 0.250. The Bertz CT molecular complexity index is 962. The first-order valence-electron chi connectivity index (χ1n) is 7.55. The first kappa shape index (κ1) is 16.9. The van der Waals surface area contributed by atoms with Gasteiger partial charge in [0.25, 0.3) is 4.96 Å². The van der Waals surface area contributed by atoms with Crippen molar-refractivity contribution >= 4 is 39.5 Å². The number of likely N-dealkylation sites (N-methyl/N-ethyl adjacent to an activating group) is 1. The molecule has 1 aromatic carbocycles. The molecule has 2 aromatic heterocycles. The summed E-state index contributed by atoms with van der Waals surface area (Å²) in [6.07, 6.45) is 1.60. The molecule has 1 N–H and O–H groups in total. The van der Waals surface area contributed by atoms with Gasteiger partial charge in [0.2, 0.25) is 11.7 Å². The SMILES string of the molecule is Cc1cccc(NC(=O)CN(C)c2nc3sccn3c2[N+](=O)[O-])c1C. The smallest absolute Gasteiger partial charge is 0.358 e. The summed E-state index contributed by atoms with van der Waals surface area (Å²) in [5.74, 6) is -0.229. The lowest BCUT2D eigenvalue weighted by molar-refractivity contribution is -0.389. The number of hydrogen-bond acceptors (Lipinski definition) is 6. The molecule has 0 radical (unpaired) electrons. The van der Waals surface area contributed by atoms with Crippen LogP contribution in [-0.2, 0) is 4.79 Å². The maximum Gasteiger partial charge on any atom is 0.373 e. The molecule has 0 spiro atoms. The number of amides is 1. The summed E-state index contributed by atoms with van der Waals surface area (Å²) >= 11 is 1.30. The molecule has 0 saturated carbocycles. The van der Waals surface area contributed by atoms with Gasteiger partial charge in [-0.1, -0.05) is 23.5 Å². The van der Waals surface area contributed by atoms with Crippen molar-refractivity contribution in [2.45, 2.75) is 13.8 Å². The van der Waals surface area contributed by atoms with E-state index in [1.165, 1.54) is 20.6 Å². The van der Waals surface area contributed by atoms with E-state index in [4.69, 9.17) is 0 Å². The zero-order chi connectivity index (χ0) is 18.1. The topological polar surface area (TPSA) is 92.8 Å². The first-order chi connectivity index (χ1) is 11.9. The van der Waals surface area contributed by atoms with Gasteiger partial charge in [-0.05, 0) is 36.0 Å². The average Bonchev–Trinajstić information content (AvgIpc) is 3.11. The van der Waals surface area contributed by atoms with Crippen molar-refractivity contribution in [3.8, 4) is 0 Å². The van der Waals surface area contributed by atoms with Gasteiger partial charge in [0.1, 0.15) is 6.20 Å². The number of thiazole rings is 1. The second kappa shape index (κ2) is 6.52. The summed E-state index contributed by atoms with van der Waals surface area (Å²) in [5, 5.41) is 16.0. The molecular weight excluding hydrogens is 342 g/mol. The van der Waals surface area contributed by atoms with Crippen molar-refractivity contribution in [1.29, 1.82) is 0 Å². The van der Waals surface area contributed by atoms with E-state index >= 15 is 0 Å². The van der Waals surface area contributed by atoms with E-state index in [9.17, 15) is 14.9 Å². The highest BCUT2D eigenvalue weighted by Gasteiger charge is 2.27.